The highest BCUT2D eigenvalue weighted by Gasteiger charge is 2.45. The molecule has 6 heteroatoms. The Morgan fingerprint density at radius 3 is 2.61 bits per heavy atom. The maximum atomic E-state index is 13.4. The maximum absolute atomic E-state index is 13.4. The van der Waals surface area contributed by atoms with Crippen LogP contribution in [-0.4, -0.2) is 23.5 Å². The molecule has 0 spiro atoms. The second-order valence-corrected chi connectivity index (χ2v) is 9.02. The summed E-state index contributed by atoms with van der Waals surface area (Å²) in [6.45, 7) is 9.89. The van der Waals surface area contributed by atoms with Crippen molar-refractivity contribution in [3.8, 4) is 11.3 Å². The summed E-state index contributed by atoms with van der Waals surface area (Å²) in [5.41, 5.74) is 4.75. The van der Waals surface area contributed by atoms with E-state index in [0.717, 1.165) is 23.2 Å². The van der Waals surface area contributed by atoms with Crippen molar-refractivity contribution in [2.45, 2.75) is 53.4 Å². The topological polar surface area (TPSA) is 81.4 Å². The number of carbonyl (C=O) groups is 2. The van der Waals surface area contributed by atoms with E-state index in [1.54, 1.807) is 6.92 Å². The van der Waals surface area contributed by atoms with Gasteiger partial charge >= 0.3 is 5.97 Å². The van der Waals surface area contributed by atoms with E-state index in [1.165, 1.54) is 0 Å². The number of hydrogen-bond acceptors (Lipinski definition) is 6. The van der Waals surface area contributed by atoms with E-state index < -0.39 is 11.9 Å². The highest BCUT2D eigenvalue weighted by Crippen LogP contribution is 2.49. The van der Waals surface area contributed by atoms with Crippen molar-refractivity contribution in [2.75, 3.05) is 6.61 Å². The summed E-state index contributed by atoms with van der Waals surface area (Å²) in [5, 5.41) is 7.66. The molecule has 4 rings (SSSR count). The number of carbonyl (C=O) groups excluding carboxylic acids is 2. The monoisotopic (exact) mass is 420 g/mol. The summed E-state index contributed by atoms with van der Waals surface area (Å²) in [4.78, 5) is 26.5. The summed E-state index contributed by atoms with van der Waals surface area (Å²) >= 11 is 0. The molecule has 0 unspecified atom stereocenters. The van der Waals surface area contributed by atoms with Crippen LogP contribution < -0.4 is 5.32 Å². The van der Waals surface area contributed by atoms with Crippen molar-refractivity contribution in [3.05, 3.63) is 64.2 Å². The van der Waals surface area contributed by atoms with Crippen molar-refractivity contribution >= 4 is 11.8 Å². The largest absolute Gasteiger partial charge is 0.463 e. The summed E-state index contributed by atoms with van der Waals surface area (Å²) in [5.74, 6) is -0.385. The molecule has 0 bridgehead atoms. The number of esters is 1. The molecule has 0 radical (unpaired) electrons. The first-order valence-electron chi connectivity index (χ1n) is 10.7. The molecule has 2 aromatic rings. The summed E-state index contributed by atoms with van der Waals surface area (Å²) in [7, 11) is 0. The second kappa shape index (κ2) is 7.84. The number of aromatic nitrogens is 1. The molecule has 0 fully saturated rings. The quantitative estimate of drug-likeness (QED) is 0.715. The lowest BCUT2D eigenvalue weighted by molar-refractivity contribution is -0.138. The Kier molecular flexibility index (Phi) is 5.33. The summed E-state index contributed by atoms with van der Waals surface area (Å²) in [6, 6.07) is 9.69. The predicted octanol–water partition coefficient (Wildman–Crippen LogP) is 4.82. The van der Waals surface area contributed by atoms with Crippen LogP contribution in [-0.2, 0) is 14.3 Å². The second-order valence-electron chi connectivity index (χ2n) is 9.02. The van der Waals surface area contributed by atoms with Crippen LogP contribution in [0.1, 0.15) is 57.8 Å². The third kappa shape index (κ3) is 3.71. The number of nitrogens with zero attached hydrogens (tertiary/aromatic N) is 1. The Morgan fingerprint density at radius 2 is 1.94 bits per heavy atom. The Morgan fingerprint density at radius 1 is 1.23 bits per heavy atom. The highest BCUT2D eigenvalue weighted by atomic mass is 16.5. The normalized spacial score (nSPS) is 20.4. The SMILES string of the molecule is CCOC(=O)C1=C(C)NC2=C(C(=O)CC(C)(C)C2)[C@@H]1c1c(-c2ccccc2)noc1C. The molecule has 1 atom stereocenters. The van der Waals surface area contributed by atoms with Crippen molar-refractivity contribution in [2.24, 2.45) is 5.41 Å². The number of Topliss-reactive ketones (excluding diaryl/α,β-unsaturated/α-hetero) is 1. The minimum Gasteiger partial charge on any atom is -0.463 e. The lowest BCUT2D eigenvalue weighted by Crippen LogP contribution is -2.38. The first kappa shape index (κ1) is 21.1. The van der Waals surface area contributed by atoms with E-state index in [9.17, 15) is 9.59 Å². The third-order valence-electron chi connectivity index (χ3n) is 5.98. The standard InChI is InChI=1S/C25H28N2O4/c1-6-30-24(29)19-14(2)26-17-12-25(4,5)13-18(28)21(17)22(19)20-15(3)31-27-23(20)16-10-8-7-9-11-16/h7-11,22,26H,6,12-13H2,1-5H3/t22-/m0/s1. The number of hydrogen-bond donors (Lipinski definition) is 1. The number of ether oxygens (including phenoxy) is 1. The molecule has 2 aliphatic rings. The lowest BCUT2D eigenvalue weighted by atomic mass is 9.68. The van der Waals surface area contributed by atoms with Crippen LogP contribution >= 0.6 is 0 Å². The van der Waals surface area contributed by atoms with Crippen LogP contribution in [0.5, 0.6) is 0 Å². The van der Waals surface area contributed by atoms with Crippen LogP contribution in [0, 0.1) is 12.3 Å². The number of dihydropyridines is 1. The van der Waals surface area contributed by atoms with E-state index in [0.29, 0.717) is 34.7 Å². The molecule has 1 N–H and O–H groups in total. The minimum atomic E-state index is -0.583. The zero-order valence-electron chi connectivity index (χ0n) is 18.7. The van der Waals surface area contributed by atoms with Gasteiger partial charge in [-0.3, -0.25) is 4.79 Å². The third-order valence-corrected chi connectivity index (χ3v) is 5.98. The summed E-state index contributed by atoms with van der Waals surface area (Å²) in [6.07, 6.45) is 1.15. The molecule has 6 nitrogen and oxygen atoms in total. The van der Waals surface area contributed by atoms with Gasteiger partial charge in [-0.05, 0) is 32.6 Å². The Hall–Kier alpha value is -3.15. The van der Waals surface area contributed by atoms with Gasteiger partial charge in [-0.1, -0.05) is 49.3 Å². The van der Waals surface area contributed by atoms with Gasteiger partial charge in [-0.15, -0.1) is 0 Å². The van der Waals surface area contributed by atoms with Crippen LogP contribution in [0.15, 0.2) is 57.4 Å². The molecule has 31 heavy (non-hydrogen) atoms. The molecule has 162 valence electrons. The van der Waals surface area contributed by atoms with E-state index in [1.807, 2.05) is 44.2 Å². The first-order valence-corrected chi connectivity index (χ1v) is 10.7. The molecule has 0 saturated heterocycles. The number of ketones is 1. The van der Waals surface area contributed by atoms with Crippen molar-refractivity contribution in [1.82, 2.24) is 10.5 Å². The number of aryl methyl sites for hydroxylation is 1. The zero-order valence-corrected chi connectivity index (χ0v) is 18.7. The smallest absolute Gasteiger partial charge is 0.336 e. The molecule has 1 aliphatic heterocycles. The van der Waals surface area contributed by atoms with Gasteiger partial charge in [0, 0.05) is 34.5 Å². The van der Waals surface area contributed by atoms with Gasteiger partial charge in [0.15, 0.2) is 5.78 Å². The molecule has 2 heterocycles. The molecule has 1 aromatic heterocycles. The zero-order chi connectivity index (χ0) is 22.3. The summed E-state index contributed by atoms with van der Waals surface area (Å²) < 4.78 is 11.0. The fraction of sp³-hybridized carbons (Fsp3) is 0.400. The van der Waals surface area contributed by atoms with Gasteiger partial charge in [0.2, 0.25) is 0 Å². The fourth-order valence-corrected chi connectivity index (χ4v) is 4.73. The lowest BCUT2D eigenvalue weighted by Gasteiger charge is -2.39. The van der Waals surface area contributed by atoms with Gasteiger partial charge in [-0.2, -0.15) is 0 Å². The van der Waals surface area contributed by atoms with E-state index in [2.05, 4.69) is 24.3 Å². The fourth-order valence-electron chi connectivity index (χ4n) is 4.73. The first-order chi connectivity index (χ1) is 14.7. The van der Waals surface area contributed by atoms with Crippen molar-refractivity contribution in [1.29, 1.82) is 0 Å². The Bertz CT molecular complexity index is 1110. The van der Waals surface area contributed by atoms with Crippen LogP contribution in [0.25, 0.3) is 11.3 Å². The van der Waals surface area contributed by atoms with Crippen LogP contribution in [0.4, 0.5) is 0 Å². The highest BCUT2D eigenvalue weighted by molar-refractivity contribution is 6.04. The van der Waals surface area contributed by atoms with E-state index in [4.69, 9.17) is 9.26 Å². The molecule has 0 saturated carbocycles. The van der Waals surface area contributed by atoms with E-state index >= 15 is 0 Å². The Labute approximate surface area is 182 Å². The predicted molar refractivity (Wildman–Crippen MR) is 117 cm³/mol. The molecular formula is C25H28N2O4. The van der Waals surface area contributed by atoms with Gasteiger partial charge in [0.25, 0.3) is 0 Å². The van der Waals surface area contributed by atoms with Gasteiger partial charge in [0.05, 0.1) is 18.1 Å². The number of allylic oxidation sites excluding steroid dienone is 3. The van der Waals surface area contributed by atoms with Crippen molar-refractivity contribution in [3.63, 3.8) is 0 Å². The molecule has 1 aromatic carbocycles. The Balaban J connectivity index is 1.97. The number of benzene rings is 1. The molecular weight excluding hydrogens is 392 g/mol. The van der Waals surface area contributed by atoms with Crippen LogP contribution in [0.3, 0.4) is 0 Å². The van der Waals surface area contributed by atoms with Gasteiger partial charge in [-0.25, -0.2) is 4.79 Å². The molecule has 1 aliphatic carbocycles. The number of rotatable bonds is 4. The average Bonchev–Trinajstić information content (AvgIpc) is 3.07. The molecule has 0 amide bonds. The number of nitrogens with one attached hydrogen (secondary N) is 1. The average molecular weight is 421 g/mol. The van der Waals surface area contributed by atoms with Gasteiger partial charge < -0.3 is 14.6 Å². The van der Waals surface area contributed by atoms with E-state index in [-0.39, 0.29) is 17.8 Å². The van der Waals surface area contributed by atoms with Gasteiger partial charge in [0.1, 0.15) is 11.5 Å². The van der Waals surface area contributed by atoms with Crippen molar-refractivity contribution < 1.29 is 18.8 Å². The maximum Gasteiger partial charge on any atom is 0.336 e. The minimum absolute atomic E-state index is 0.0395. The van der Waals surface area contributed by atoms with Crippen LogP contribution in [0.2, 0.25) is 0 Å².